The standard InChI is InChI=1S/C18H21Cl2N5OS/c1-3-14-21-18-25(22-14)17(26)16(27-18)15(24-8-6-23(2)7-9-24)12-5-4-11(19)10-13(12)20/h4-5,10,15,26H,3,6-9H2,1-2H3/t15-/m0/s1. The van der Waals surface area contributed by atoms with Crippen molar-refractivity contribution in [2.24, 2.45) is 0 Å². The van der Waals surface area contributed by atoms with Gasteiger partial charge < -0.3 is 10.0 Å². The number of piperazine rings is 1. The maximum atomic E-state index is 10.9. The Labute approximate surface area is 171 Å². The van der Waals surface area contributed by atoms with Crippen LogP contribution < -0.4 is 0 Å². The van der Waals surface area contributed by atoms with E-state index in [0.717, 1.165) is 48.9 Å². The number of hydrogen-bond donors (Lipinski definition) is 1. The highest BCUT2D eigenvalue weighted by atomic mass is 35.5. The molecule has 1 N–H and O–H groups in total. The second kappa shape index (κ2) is 7.56. The van der Waals surface area contributed by atoms with Gasteiger partial charge in [-0.3, -0.25) is 4.90 Å². The number of benzene rings is 1. The minimum Gasteiger partial charge on any atom is -0.492 e. The number of hydrogen-bond acceptors (Lipinski definition) is 6. The van der Waals surface area contributed by atoms with Gasteiger partial charge in [0.05, 0.1) is 10.9 Å². The molecule has 0 aliphatic carbocycles. The minimum absolute atomic E-state index is 0.136. The van der Waals surface area contributed by atoms with E-state index in [9.17, 15) is 5.11 Å². The SMILES string of the molecule is CCc1nc2sc([C@H](c3ccc(Cl)cc3Cl)N3CCN(C)CC3)c(O)n2n1. The molecule has 2 aromatic heterocycles. The number of nitrogens with zero attached hydrogens (tertiary/aromatic N) is 5. The van der Waals surface area contributed by atoms with Gasteiger partial charge in [0, 0.05) is 42.6 Å². The maximum absolute atomic E-state index is 10.9. The topological polar surface area (TPSA) is 56.9 Å². The Bertz CT molecular complexity index is 964. The van der Waals surface area contributed by atoms with Gasteiger partial charge in [-0.1, -0.05) is 47.5 Å². The molecule has 6 nitrogen and oxygen atoms in total. The van der Waals surface area contributed by atoms with Gasteiger partial charge in [-0.2, -0.15) is 4.52 Å². The van der Waals surface area contributed by atoms with E-state index in [1.54, 1.807) is 6.07 Å². The molecule has 27 heavy (non-hydrogen) atoms. The lowest BCUT2D eigenvalue weighted by Crippen LogP contribution is -2.46. The minimum atomic E-state index is -0.165. The van der Waals surface area contributed by atoms with Crippen molar-refractivity contribution in [2.75, 3.05) is 33.2 Å². The first-order chi connectivity index (χ1) is 13.0. The van der Waals surface area contributed by atoms with E-state index < -0.39 is 0 Å². The summed E-state index contributed by atoms with van der Waals surface area (Å²) in [5, 5.41) is 16.5. The van der Waals surface area contributed by atoms with Crippen molar-refractivity contribution >= 4 is 39.5 Å². The number of likely N-dealkylation sites (N-methyl/N-ethyl adjacent to an activating group) is 1. The van der Waals surface area contributed by atoms with Crippen molar-refractivity contribution in [1.82, 2.24) is 24.4 Å². The molecule has 1 saturated heterocycles. The van der Waals surface area contributed by atoms with E-state index in [1.807, 2.05) is 19.1 Å². The Balaban J connectivity index is 1.82. The van der Waals surface area contributed by atoms with E-state index in [-0.39, 0.29) is 11.9 Å². The number of aromatic hydroxyl groups is 1. The summed E-state index contributed by atoms with van der Waals surface area (Å²) < 4.78 is 1.53. The van der Waals surface area contributed by atoms with Gasteiger partial charge in [-0.05, 0) is 24.7 Å². The number of rotatable bonds is 4. The third-order valence-corrected chi connectivity index (χ3v) is 6.60. The molecule has 1 aromatic carbocycles. The van der Waals surface area contributed by atoms with E-state index in [2.05, 4.69) is 26.9 Å². The first kappa shape index (κ1) is 19.0. The Kier molecular flexibility index (Phi) is 5.31. The van der Waals surface area contributed by atoms with Gasteiger partial charge in [-0.15, -0.1) is 5.10 Å². The van der Waals surface area contributed by atoms with Crippen LogP contribution in [0.15, 0.2) is 18.2 Å². The Hall–Kier alpha value is -1.38. The molecule has 3 aromatic rings. The van der Waals surface area contributed by atoms with Gasteiger partial charge in [0.15, 0.2) is 5.82 Å². The Morgan fingerprint density at radius 3 is 2.59 bits per heavy atom. The van der Waals surface area contributed by atoms with Crippen molar-refractivity contribution in [2.45, 2.75) is 19.4 Å². The fourth-order valence-corrected chi connectivity index (χ4v) is 5.06. The molecule has 9 heteroatoms. The van der Waals surface area contributed by atoms with Gasteiger partial charge in [0.1, 0.15) is 0 Å². The lowest BCUT2D eigenvalue weighted by Gasteiger charge is -2.38. The van der Waals surface area contributed by atoms with Crippen LogP contribution in [-0.4, -0.2) is 62.7 Å². The van der Waals surface area contributed by atoms with Gasteiger partial charge in [-0.25, -0.2) is 4.98 Å². The zero-order valence-corrected chi connectivity index (χ0v) is 17.5. The van der Waals surface area contributed by atoms with E-state index >= 15 is 0 Å². The maximum Gasteiger partial charge on any atom is 0.230 e. The average molecular weight is 426 g/mol. The van der Waals surface area contributed by atoms with Crippen molar-refractivity contribution in [3.63, 3.8) is 0 Å². The van der Waals surface area contributed by atoms with E-state index in [0.29, 0.717) is 15.0 Å². The number of fused-ring (bicyclic) bond motifs is 1. The second-order valence-electron chi connectivity index (χ2n) is 6.77. The van der Waals surface area contributed by atoms with E-state index in [1.165, 1.54) is 15.9 Å². The highest BCUT2D eigenvalue weighted by molar-refractivity contribution is 7.17. The van der Waals surface area contributed by atoms with Crippen LogP contribution in [0.2, 0.25) is 10.0 Å². The highest BCUT2D eigenvalue weighted by Gasteiger charge is 2.32. The van der Waals surface area contributed by atoms with Crippen molar-refractivity contribution < 1.29 is 5.11 Å². The van der Waals surface area contributed by atoms with Crippen LogP contribution in [0.1, 0.15) is 29.2 Å². The molecule has 3 heterocycles. The fraction of sp³-hybridized carbons (Fsp3) is 0.444. The molecule has 1 aliphatic heterocycles. The summed E-state index contributed by atoms with van der Waals surface area (Å²) in [5.41, 5.74) is 0.932. The summed E-state index contributed by atoms with van der Waals surface area (Å²) >= 11 is 14.1. The summed E-state index contributed by atoms with van der Waals surface area (Å²) in [6, 6.07) is 5.38. The highest BCUT2D eigenvalue weighted by Crippen LogP contribution is 2.42. The van der Waals surface area contributed by atoms with Crippen LogP contribution in [0.25, 0.3) is 4.96 Å². The zero-order chi connectivity index (χ0) is 19.1. The summed E-state index contributed by atoms with van der Waals surface area (Å²) in [4.78, 5) is 10.7. The quantitative estimate of drug-likeness (QED) is 0.690. The molecule has 144 valence electrons. The molecule has 0 spiro atoms. The molecule has 1 fully saturated rings. The summed E-state index contributed by atoms with van der Waals surface area (Å²) in [6.07, 6.45) is 0.730. The van der Waals surface area contributed by atoms with Crippen LogP contribution >= 0.6 is 34.5 Å². The van der Waals surface area contributed by atoms with Crippen LogP contribution in [0, 0.1) is 0 Å². The lowest BCUT2D eigenvalue weighted by molar-refractivity contribution is 0.127. The monoisotopic (exact) mass is 425 g/mol. The summed E-state index contributed by atoms with van der Waals surface area (Å²) in [6.45, 7) is 5.69. The van der Waals surface area contributed by atoms with Crippen LogP contribution in [0.4, 0.5) is 0 Å². The van der Waals surface area contributed by atoms with Gasteiger partial charge in [0.2, 0.25) is 10.8 Å². The first-order valence-electron chi connectivity index (χ1n) is 8.92. The molecular formula is C18H21Cl2N5OS. The number of aryl methyl sites for hydroxylation is 1. The zero-order valence-electron chi connectivity index (χ0n) is 15.2. The largest absolute Gasteiger partial charge is 0.492 e. The number of halogens is 2. The lowest BCUT2D eigenvalue weighted by atomic mass is 10.0. The predicted molar refractivity (Wildman–Crippen MR) is 109 cm³/mol. The summed E-state index contributed by atoms with van der Waals surface area (Å²) in [5.74, 6) is 0.862. The molecule has 1 aliphatic rings. The Morgan fingerprint density at radius 1 is 1.22 bits per heavy atom. The van der Waals surface area contributed by atoms with Gasteiger partial charge >= 0.3 is 0 Å². The molecule has 0 saturated carbocycles. The average Bonchev–Trinajstić information content (AvgIpc) is 3.18. The Morgan fingerprint density at radius 2 is 1.96 bits per heavy atom. The molecule has 0 amide bonds. The van der Waals surface area contributed by atoms with Crippen LogP contribution in [-0.2, 0) is 6.42 Å². The fourth-order valence-electron chi connectivity index (χ4n) is 3.43. The number of thiazole rings is 1. The van der Waals surface area contributed by atoms with Crippen molar-refractivity contribution in [1.29, 1.82) is 0 Å². The summed E-state index contributed by atoms with van der Waals surface area (Å²) in [7, 11) is 2.12. The smallest absolute Gasteiger partial charge is 0.230 e. The first-order valence-corrected chi connectivity index (χ1v) is 10.5. The molecule has 1 atom stereocenters. The molecular weight excluding hydrogens is 405 g/mol. The van der Waals surface area contributed by atoms with Crippen LogP contribution in [0.5, 0.6) is 5.88 Å². The third kappa shape index (κ3) is 3.54. The number of aromatic nitrogens is 3. The van der Waals surface area contributed by atoms with Crippen LogP contribution in [0.3, 0.4) is 0 Å². The molecule has 0 radical (unpaired) electrons. The molecule has 0 bridgehead atoms. The van der Waals surface area contributed by atoms with Crippen molar-refractivity contribution in [3.05, 3.63) is 44.5 Å². The second-order valence-corrected chi connectivity index (χ2v) is 8.63. The van der Waals surface area contributed by atoms with E-state index in [4.69, 9.17) is 23.2 Å². The normalized spacial score (nSPS) is 17.6. The molecule has 0 unspecified atom stereocenters. The van der Waals surface area contributed by atoms with Crippen molar-refractivity contribution in [3.8, 4) is 5.88 Å². The third-order valence-electron chi connectivity index (χ3n) is 4.97. The molecule has 4 rings (SSSR count). The predicted octanol–water partition coefficient (Wildman–Crippen LogP) is 3.70. The van der Waals surface area contributed by atoms with Gasteiger partial charge in [0.25, 0.3) is 0 Å².